The molecule has 0 saturated heterocycles. The highest BCUT2D eigenvalue weighted by molar-refractivity contribution is 7.10. The van der Waals surface area contributed by atoms with Gasteiger partial charge in [-0.1, -0.05) is 26.8 Å². The molecule has 4 nitrogen and oxygen atoms in total. The Hall–Kier alpha value is -1.62. The van der Waals surface area contributed by atoms with Gasteiger partial charge in [-0.3, -0.25) is 0 Å². The molecule has 0 bridgehead atoms. The molecule has 0 aromatic carbocycles. The summed E-state index contributed by atoms with van der Waals surface area (Å²) in [6, 6.07) is 4.48. The molecule has 0 fully saturated rings. The zero-order valence-electron chi connectivity index (χ0n) is 13.6. The number of nitrogens with zero attached hydrogens (tertiary/aromatic N) is 3. The minimum absolute atomic E-state index is 0.121. The van der Waals surface area contributed by atoms with Crippen LogP contribution in [-0.2, 0) is 5.41 Å². The second-order valence-corrected chi connectivity index (χ2v) is 7.41. The lowest BCUT2D eigenvalue weighted by molar-refractivity contribution is 0.543. The monoisotopic (exact) mass is 304 g/mol. The van der Waals surface area contributed by atoms with Crippen LogP contribution >= 0.6 is 11.3 Å². The molecule has 0 spiro atoms. The molecule has 1 unspecified atom stereocenters. The van der Waals surface area contributed by atoms with Gasteiger partial charge in [-0.25, -0.2) is 9.97 Å². The molecule has 2 heterocycles. The van der Waals surface area contributed by atoms with Gasteiger partial charge in [-0.05, 0) is 25.3 Å². The first-order chi connectivity index (χ1) is 9.71. The van der Waals surface area contributed by atoms with Gasteiger partial charge in [0.1, 0.15) is 17.5 Å². The summed E-state index contributed by atoms with van der Waals surface area (Å²) < 4.78 is 0. The molecule has 0 aliphatic rings. The van der Waals surface area contributed by atoms with E-state index < -0.39 is 0 Å². The average Bonchev–Trinajstić information content (AvgIpc) is 2.92. The number of nitrogen functional groups attached to an aromatic ring is 1. The van der Waals surface area contributed by atoms with Crippen LogP contribution in [0.15, 0.2) is 17.5 Å². The van der Waals surface area contributed by atoms with Crippen LogP contribution in [0.3, 0.4) is 0 Å². The van der Waals surface area contributed by atoms with E-state index in [-0.39, 0.29) is 11.5 Å². The maximum atomic E-state index is 6.10. The Morgan fingerprint density at radius 2 is 1.95 bits per heavy atom. The summed E-state index contributed by atoms with van der Waals surface area (Å²) >= 11 is 1.76. The van der Waals surface area contributed by atoms with Crippen molar-refractivity contribution < 1.29 is 0 Å². The molecule has 21 heavy (non-hydrogen) atoms. The van der Waals surface area contributed by atoms with Gasteiger partial charge in [0.25, 0.3) is 0 Å². The molecular weight excluding hydrogens is 280 g/mol. The smallest absolute Gasteiger partial charge is 0.138 e. The second kappa shape index (κ2) is 5.64. The van der Waals surface area contributed by atoms with Crippen LogP contribution in [0.1, 0.15) is 50.0 Å². The van der Waals surface area contributed by atoms with Crippen molar-refractivity contribution in [3.05, 3.63) is 33.8 Å². The van der Waals surface area contributed by atoms with Crippen LogP contribution in [0.25, 0.3) is 0 Å². The summed E-state index contributed by atoms with van der Waals surface area (Å²) in [5.41, 5.74) is 6.92. The van der Waals surface area contributed by atoms with E-state index in [4.69, 9.17) is 10.7 Å². The van der Waals surface area contributed by atoms with Crippen molar-refractivity contribution in [1.82, 2.24) is 9.97 Å². The lowest BCUT2D eigenvalue weighted by Crippen LogP contribution is -2.26. The maximum Gasteiger partial charge on any atom is 0.138 e. The predicted molar refractivity (Wildman–Crippen MR) is 91.0 cm³/mol. The number of rotatable bonds is 3. The fraction of sp³-hybridized carbons (Fsp3) is 0.500. The van der Waals surface area contributed by atoms with E-state index in [1.54, 1.807) is 11.3 Å². The first-order valence-electron chi connectivity index (χ1n) is 7.12. The van der Waals surface area contributed by atoms with Gasteiger partial charge in [-0.2, -0.15) is 0 Å². The molecule has 0 amide bonds. The highest BCUT2D eigenvalue weighted by atomic mass is 32.1. The van der Waals surface area contributed by atoms with Crippen LogP contribution < -0.4 is 10.6 Å². The minimum Gasteiger partial charge on any atom is -0.383 e. The summed E-state index contributed by atoms with van der Waals surface area (Å²) in [7, 11) is 2.06. The van der Waals surface area contributed by atoms with E-state index in [1.807, 2.05) is 6.92 Å². The SMILES string of the molecule is Cc1c(N)nc(C(C)(C)C)nc1N(C)C(C)c1cccs1. The first kappa shape index (κ1) is 15.8. The number of nitrogens with two attached hydrogens (primary N) is 1. The Bertz CT molecular complexity index is 614. The van der Waals surface area contributed by atoms with E-state index in [9.17, 15) is 0 Å². The highest BCUT2D eigenvalue weighted by Crippen LogP contribution is 2.32. The lowest BCUT2D eigenvalue weighted by atomic mass is 9.95. The zero-order chi connectivity index (χ0) is 15.8. The molecule has 0 aliphatic heterocycles. The normalized spacial score (nSPS) is 13.2. The van der Waals surface area contributed by atoms with Crippen LogP contribution in [0.2, 0.25) is 0 Å². The molecule has 0 aliphatic carbocycles. The van der Waals surface area contributed by atoms with E-state index in [1.165, 1.54) is 4.88 Å². The van der Waals surface area contributed by atoms with Crippen LogP contribution in [0.4, 0.5) is 11.6 Å². The predicted octanol–water partition coefficient (Wildman–Crippen LogP) is 3.92. The van der Waals surface area contributed by atoms with Gasteiger partial charge in [0.2, 0.25) is 0 Å². The second-order valence-electron chi connectivity index (χ2n) is 6.43. The summed E-state index contributed by atoms with van der Waals surface area (Å²) in [5, 5.41) is 2.10. The van der Waals surface area contributed by atoms with Crippen molar-refractivity contribution in [2.24, 2.45) is 0 Å². The van der Waals surface area contributed by atoms with E-state index in [0.29, 0.717) is 5.82 Å². The number of hydrogen-bond donors (Lipinski definition) is 1. The lowest BCUT2D eigenvalue weighted by Gasteiger charge is -2.28. The molecule has 2 aromatic rings. The van der Waals surface area contributed by atoms with Crippen molar-refractivity contribution in [3.63, 3.8) is 0 Å². The van der Waals surface area contributed by atoms with Gasteiger partial charge in [0, 0.05) is 22.9 Å². The van der Waals surface area contributed by atoms with Crippen molar-refractivity contribution in [1.29, 1.82) is 0 Å². The third kappa shape index (κ3) is 3.18. The van der Waals surface area contributed by atoms with Crippen LogP contribution in [-0.4, -0.2) is 17.0 Å². The largest absolute Gasteiger partial charge is 0.383 e. The standard InChI is InChI=1S/C16H24N4S/c1-10-13(17)18-15(16(3,4)5)19-14(10)20(6)11(2)12-8-7-9-21-12/h7-9,11H,1-6H3,(H2,17,18,19). The maximum absolute atomic E-state index is 6.10. The topological polar surface area (TPSA) is 55.0 Å². The average molecular weight is 304 g/mol. The number of hydrogen-bond acceptors (Lipinski definition) is 5. The number of thiophene rings is 1. The molecule has 2 aromatic heterocycles. The van der Waals surface area contributed by atoms with Crippen LogP contribution in [0.5, 0.6) is 0 Å². The highest BCUT2D eigenvalue weighted by Gasteiger charge is 2.23. The van der Waals surface area contributed by atoms with Crippen molar-refractivity contribution in [2.75, 3.05) is 17.7 Å². The fourth-order valence-corrected chi connectivity index (χ4v) is 2.93. The van der Waals surface area contributed by atoms with Gasteiger partial charge in [0.15, 0.2) is 0 Å². The Labute approximate surface area is 131 Å². The Balaban J connectivity index is 2.45. The van der Waals surface area contributed by atoms with E-state index >= 15 is 0 Å². The molecule has 114 valence electrons. The molecule has 2 rings (SSSR count). The Kier molecular flexibility index (Phi) is 4.23. The minimum atomic E-state index is -0.121. The van der Waals surface area contributed by atoms with Crippen LogP contribution in [0, 0.1) is 6.92 Å². The molecule has 5 heteroatoms. The summed E-state index contributed by atoms with van der Waals surface area (Å²) in [6.45, 7) is 10.5. The molecule has 1 atom stereocenters. The third-order valence-corrected chi connectivity index (χ3v) is 4.74. The van der Waals surface area contributed by atoms with Crippen molar-refractivity contribution >= 4 is 23.0 Å². The molecule has 0 radical (unpaired) electrons. The molecule has 2 N–H and O–H groups in total. The third-order valence-electron chi connectivity index (χ3n) is 3.70. The summed E-state index contributed by atoms with van der Waals surface area (Å²) in [6.07, 6.45) is 0. The molecular formula is C16H24N4S. The fourth-order valence-electron chi connectivity index (χ4n) is 2.10. The van der Waals surface area contributed by atoms with E-state index in [0.717, 1.165) is 17.2 Å². The molecule has 0 saturated carbocycles. The van der Waals surface area contributed by atoms with Gasteiger partial charge >= 0.3 is 0 Å². The summed E-state index contributed by atoms with van der Waals surface area (Å²) in [5.74, 6) is 2.26. The Morgan fingerprint density at radius 1 is 1.29 bits per heavy atom. The van der Waals surface area contributed by atoms with Crippen molar-refractivity contribution in [2.45, 2.75) is 46.1 Å². The summed E-state index contributed by atoms with van der Waals surface area (Å²) in [4.78, 5) is 12.7. The van der Waals surface area contributed by atoms with Crippen molar-refractivity contribution in [3.8, 4) is 0 Å². The number of aromatic nitrogens is 2. The quantitative estimate of drug-likeness (QED) is 0.933. The number of anilines is 2. The van der Waals surface area contributed by atoms with E-state index in [2.05, 4.69) is 62.1 Å². The van der Waals surface area contributed by atoms with Gasteiger partial charge in [0.05, 0.1) is 6.04 Å². The first-order valence-corrected chi connectivity index (χ1v) is 8.00. The van der Waals surface area contributed by atoms with Gasteiger partial charge < -0.3 is 10.6 Å². The Morgan fingerprint density at radius 3 is 2.48 bits per heavy atom. The zero-order valence-corrected chi connectivity index (χ0v) is 14.5. The van der Waals surface area contributed by atoms with Gasteiger partial charge in [-0.15, -0.1) is 11.3 Å².